The molecule has 38 heavy (non-hydrogen) atoms. The molecule has 1 saturated heterocycles. The lowest BCUT2D eigenvalue weighted by molar-refractivity contribution is -0.135. The highest BCUT2D eigenvalue weighted by Crippen LogP contribution is 2.40. The molecule has 5 rings (SSSR count). The Hall–Kier alpha value is -3.56. The van der Waals surface area contributed by atoms with Crippen LogP contribution in [-0.2, 0) is 4.79 Å². The summed E-state index contributed by atoms with van der Waals surface area (Å²) in [4.78, 5) is 34.6. The molecule has 0 unspecified atom stereocenters. The van der Waals surface area contributed by atoms with Crippen LogP contribution in [0.25, 0.3) is 5.69 Å². The first-order chi connectivity index (χ1) is 18.5. The van der Waals surface area contributed by atoms with Crippen molar-refractivity contribution in [3.05, 3.63) is 77.9 Å². The van der Waals surface area contributed by atoms with Gasteiger partial charge in [-0.3, -0.25) is 9.59 Å². The maximum Gasteiger partial charge on any atom is 0.251 e. The van der Waals surface area contributed by atoms with Gasteiger partial charge in [-0.05, 0) is 69.6 Å². The van der Waals surface area contributed by atoms with Crippen molar-refractivity contribution in [3.8, 4) is 5.69 Å². The fourth-order valence-corrected chi connectivity index (χ4v) is 5.05. The molecule has 1 aliphatic heterocycles. The van der Waals surface area contributed by atoms with Crippen molar-refractivity contribution in [2.24, 2.45) is 0 Å². The summed E-state index contributed by atoms with van der Waals surface area (Å²) in [6.07, 6.45) is 5.64. The van der Waals surface area contributed by atoms with Crippen molar-refractivity contribution in [3.63, 3.8) is 0 Å². The predicted octanol–water partition coefficient (Wildman–Crippen LogP) is 2.37. The Bertz CT molecular complexity index is 1200. The largest absolute Gasteiger partial charge is 0.340 e. The minimum atomic E-state index is -0.546. The van der Waals surface area contributed by atoms with E-state index in [9.17, 15) is 9.59 Å². The molecule has 2 fully saturated rings. The van der Waals surface area contributed by atoms with Crippen LogP contribution in [0.3, 0.4) is 0 Å². The highest BCUT2D eigenvalue weighted by atomic mass is 16.2. The van der Waals surface area contributed by atoms with Gasteiger partial charge in [0.25, 0.3) is 5.91 Å². The maximum absolute atomic E-state index is 13.4. The van der Waals surface area contributed by atoms with Gasteiger partial charge < -0.3 is 20.4 Å². The number of aromatic nitrogens is 3. The normalized spacial score (nSPS) is 20.2. The molecule has 2 amide bonds. The number of benzene rings is 2. The summed E-state index contributed by atoms with van der Waals surface area (Å²) in [6, 6.07) is 15.9. The summed E-state index contributed by atoms with van der Waals surface area (Å²) < 4.78 is 1.64. The van der Waals surface area contributed by atoms with Crippen LogP contribution in [-0.4, -0.2) is 88.2 Å². The maximum atomic E-state index is 13.4. The zero-order valence-electron chi connectivity index (χ0n) is 22.2. The van der Waals surface area contributed by atoms with Gasteiger partial charge in [-0.25, -0.2) is 9.67 Å². The number of nitrogens with zero attached hydrogens (tertiary/aromatic N) is 5. The number of hydrogen-bond donors (Lipinski definition) is 2. The molecule has 0 spiro atoms. The minimum absolute atomic E-state index is 0.00893. The third-order valence-corrected chi connectivity index (χ3v) is 7.60. The third kappa shape index (κ3) is 6.46. The van der Waals surface area contributed by atoms with Gasteiger partial charge in [-0.15, -0.1) is 0 Å². The first kappa shape index (κ1) is 26.1. The van der Waals surface area contributed by atoms with E-state index in [4.69, 9.17) is 0 Å². The Morgan fingerprint density at radius 2 is 1.76 bits per heavy atom. The number of carbonyl (C=O) groups excluding carboxylic acids is 2. The van der Waals surface area contributed by atoms with Crippen LogP contribution in [0.2, 0.25) is 0 Å². The van der Waals surface area contributed by atoms with Gasteiger partial charge in [0.1, 0.15) is 18.7 Å². The van der Waals surface area contributed by atoms with Crippen LogP contribution < -0.4 is 10.6 Å². The van der Waals surface area contributed by atoms with Gasteiger partial charge in [0, 0.05) is 43.7 Å². The number of piperazine rings is 1. The van der Waals surface area contributed by atoms with Gasteiger partial charge >= 0.3 is 0 Å². The standard InChI is InChI=1S/C29H37N7O2/c1-21-5-7-22(8-6-21)25-18-27(25)31-13-3-4-26(29(38)35-16-14-34(2)15-17-35)33-28(37)23-9-11-24(12-10-23)36-20-30-19-32-36/h5-12,19-20,25-27,31H,3-4,13-18H2,1-2H3,(H,33,37)/t25-,26-,27+/m0/s1. The number of amides is 2. The summed E-state index contributed by atoms with van der Waals surface area (Å²) >= 11 is 0. The number of hydrogen-bond acceptors (Lipinski definition) is 6. The van der Waals surface area contributed by atoms with E-state index in [0.29, 0.717) is 37.0 Å². The van der Waals surface area contributed by atoms with E-state index in [1.54, 1.807) is 23.1 Å². The quantitative estimate of drug-likeness (QED) is 0.403. The van der Waals surface area contributed by atoms with Gasteiger partial charge in [0.2, 0.25) is 5.91 Å². The molecule has 0 bridgehead atoms. The van der Waals surface area contributed by atoms with Gasteiger partial charge in [0.05, 0.1) is 5.69 Å². The average Bonchev–Trinajstić information content (AvgIpc) is 3.49. The predicted molar refractivity (Wildman–Crippen MR) is 146 cm³/mol. The Morgan fingerprint density at radius 3 is 2.45 bits per heavy atom. The Labute approximate surface area is 224 Å². The number of nitrogens with one attached hydrogen (secondary N) is 2. The lowest BCUT2D eigenvalue weighted by Crippen LogP contribution is -2.54. The van der Waals surface area contributed by atoms with E-state index < -0.39 is 6.04 Å². The van der Waals surface area contributed by atoms with Crippen LogP contribution in [0.1, 0.15) is 46.7 Å². The monoisotopic (exact) mass is 515 g/mol. The second-order valence-electron chi connectivity index (χ2n) is 10.5. The molecular formula is C29H37N7O2. The first-order valence-electron chi connectivity index (χ1n) is 13.5. The molecule has 1 aromatic heterocycles. The van der Waals surface area contributed by atoms with Crippen LogP contribution in [0.5, 0.6) is 0 Å². The molecule has 9 heteroatoms. The Kier molecular flexibility index (Phi) is 8.14. The molecule has 200 valence electrons. The van der Waals surface area contributed by atoms with Crippen molar-refractivity contribution in [2.75, 3.05) is 39.8 Å². The summed E-state index contributed by atoms with van der Waals surface area (Å²) in [5.41, 5.74) is 4.00. The van der Waals surface area contributed by atoms with Crippen molar-refractivity contribution in [1.82, 2.24) is 35.2 Å². The van der Waals surface area contributed by atoms with E-state index >= 15 is 0 Å². The van der Waals surface area contributed by atoms with Crippen LogP contribution in [0.4, 0.5) is 0 Å². The number of likely N-dealkylation sites (N-methyl/N-ethyl adjacent to an activating group) is 1. The highest BCUT2D eigenvalue weighted by molar-refractivity contribution is 5.97. The van der Waals surface area contributed by atoms with Crippen LogP contribution in [0, 0.1) is 6.92 Å². The minimum Gasteiger partial charge on any atom is -0.340 e. The van der Waals surface area contributed by atoms with Crippen molar-refractivity contribution in [2.45, 2.75) is 44.2 Å². The highest BCUT2D eigenvalue weighted by Gasteiger charge is 2.37. The zero-order valence-corrected chi connectivity index (χ0v) is 22.2. The summed E-state index contributed by atoms with van der Waals surface area (Å²) in [6.45, 7) is 6.00. The fraction of sp³-hybridized carbons (Fsp3) is 0.448. The second-order valence-corrected chi connectivity index (χ2v) is 10.5. The SMILES string of the molecule is Cc1ccc([C@@H]2C[C@H]2NCCC[C@H](NC(=O)c2ccc(-n3cncn3)cc2)C(=O)N2CCN(C)CC2)cc1. The average molecular weight is 516 g/mol. The van der Waals surface area contributed by atoms with E-state index in [2.05, 4.69) is 63.9 Å². The van der Waals surface area contributed by atoms with E-state index in [1.807, 2.05) is 17.0 Å². The van der Waals surface area contributed by atoms with Crippen molar-refractivity contribution < 1.29 is 9.59 Å². The first-order valence-corrected chi connectivity index (χ1v) is 13.5. The van der Waals surface area contributed by atoms with Crippen LogP contribution in [0.15, 0.2) is 61.2 Å². The topological polar surface area (TPSA) is 95.4 Å². The molecule has 2 aromatic carbocycles. The summed E-state index contributed by atoms with van der Waals surface area (Å²) in [7, 11) is 2.07. The Morgan fingerprint density at radius 1 is 1.03 bits per heavy atom. The van der Waals surface area contributed by atoms with Gasteiger partial charge in [0.15, 0.2) is 0 Å². The molecule has 2 aliphatic rings. The molecular weight excluding hydrogens is 478 g/mol. The Balaban J connectivity index is 1.16. The lowest BCUT2D eigenvalue weighted by atomic mass is 10.1. The van der Waals surface area contributed by atoms with Crippen molar-refractivity contribution >= 4 is 11.8 Å². The van der Waals surface area contributed by atoms with Crippen LogP contribution >= 0.6 is 0 Å². The van der Waals surface area contributed by atoms with Crippen molar-refractivity contribution in [1.29, 1.82) is 0 Å². The smallest absolute Gasteiger partial charge is 0.251 e. The number of carbonyl (C=O) groups is 2. The van der Waals surface area contributed by atoms with Gasteiger partial charge in [-0.1, -0.05) is 29.8 Å². The molecule has 3 aromatic rings. The third-order valence-electron chi connectivity index (χ3n) is 7.60. The molecule has 1 saturated carbocycles. The van der Waals surface area contributed by atoms with E-state index in [0.717, 1.165) is 38.2 Å². The molecule has 2 N–H and O–H groups in total. The molecule has 3 atom stereocenters. The van der Waals surface area contributed by atoms with Gasteiger partial charge in [-0.2, -0.15) is 5.10 Å². The fourth-order valence-electron chi connectivity index (χ4n) is 5.05. The number of rotatable bonds is 10. The van der Waals surface area contributed by atoms with E-state index in [1.165, 1.54) is 17.5 Å². The molecule has 9 nitrogen and oxygen atoms in total. The molecule has 0 radical (unpaired) electrons. The molecule has 1 aliphatic carbocycles. The lowest BCUT2D eigenvalue weighted by Gasteiger charge is -2.34. The van der Waals surface area contributed by atoms with E-state index in [-0.39, 0.29) is 11.8 Å². The molecule has 2 heterocycles. The zero-order chi connectivity index (χ0) is 26.5. The summed E-state index contributed by atoms with van der Waals surface area (Å²) in [5, 5.41) is 10.8. The number of aryl methyl sites for hydroxylation is 1. The second kappa shape index (κ2) is 11.9. The summed E-state index contributed by atoms with van der Waals surface area (Å²) in [5.74, 6) is 0.338.